The Morgan fingerprint density at radius 2 is 1.62 bits per heavy atom. The number of ketones is 2. The predicted molar refractivity (Wildman–Crippen MR) is 53.4 cm³/mol. The van der Waals surface area contributed by atoms with Crippen LogP contribution in [0.25, 0.3) is 0 Å². The zero-order valence-corrected chi connectivity index (χ0v) is 8.63. The van der Waals surface area contributed by atoms with Gasteiger partial charge in [0.15, 0.2) is 11.6 Å². The van der Waals surface area contributed by atoms with Crippen molar-refractivity contribution in [3.63, 3.8) is 0 Å². The highest BCUT2D eigenvalue weighted by Gasteiger charge is 2.15. The molecule has 0 aliphatic heterocycles. The first-order chi connectivity index (χ1) is 6.11. The van der Waals surface area contributed by atoms with Crippen LogP contribution in [-0.2, 0) is 9.59 Å². The maximum atomic E-state index is 11.1. The van der Waals surface area contributed by atoms with Gasteiger partial charge in [-0.2, -0.15) is 0 Å². The highest BCUT2D eigenvalue weighted by Crippen LogP contribution is 2.14. The first kappa shape index (κ1) is 11.8. The number of carbonyl (C=O) groups is 2. The van der Waals surface area contributed by atoms with Gasteiger partial charge in [-0.25, -0.2) is 0 Å². The third kappa shape index (κ3) is 3.36. The smallest absolute Gasteiger partial charge is 0.182 e. The minimum Gasteiger partial charge on any atom is -0.290 e. The number of hydrogen-bond donors (Lipinski definition) is 0. The van der Waals surface area contributed by atoms with Gasteiger partial charge in [0.2, 0.25) is 0 Å². The molecule has 1 aliphatic rings. The first-order valence-electron chi connectivity index (χ1n) is 4.59. The van der Waals surface area contributed by atoms with Crippen molar-refractivity contribution in [2.24, 2.45) is 5.92 Å². The lowest BCUT2D eigenvalue weighted by molar-refractivity contribution is -0.114. The third-order valence-corrected chi connectivity index (χ3v) is 1.60. The molecular weight excluding hydrogens is 164 g/mol. The van der Waals surface area contributed by atoms with E-state index in [2.05, 4.69) is 0 Å². The molecule has 1 rings (SSSR count). The lowest BCUT2D eigenvalue weighted by Crippen LogP contribution is -2.11. The van der Waals surface area contributed by atoms with Crippen molar-refractivity contribution in [2.45, 2.75) is 27.7 Å². The van der Waals surface area contributed by atoms with Crippen LogP contribution < -0.4 is 0 Å². The second-order valence-electron chi connectivity index (χ2n) is 2.85. The molecule has 0 N–H and O–H groups in total. The summed E-state index contributed by atoms with van der Waals surface area (Å²) in [4.78, 5) is 21.9. The van der Waals surface area contributed by atoms with Gasteiger partial charge < -0.3 is 0 Å². The average Bonchev–Trinajstić information content (AvgIpc) is 2.12. The van der Waals surface area contributed by atoms with Crippen LogP contribution in [0.5, 0.6) is 0 Å². The lowest BCUT2D eigenvalue weighted by Gasteiger charge is -2.08. The van der Waals surface area contributed by atoms with E-state index in [-0.39, 0.29) is 17.5 Å². The minimum absolute atomic E-state index is 0.0420. The maximum absolute atomic E-state index is 11.1. The highest BCUT2D eigenvalue weighted by molar-refractivity contribution is 6.17. The van der Waals surface area contributed by atoms with Crippen LogP contribution in [0.4, 0.5) is 0 Å². The Kier molecular flexibility index (Phi) is 4.97. The summed E-state index contributed by atoms with van der Waals surface area (Å²) in [5.74, 6) is 0.00398. The average molecular weight is 180 g/mol. The van der Waals surface area contributed by atoms with Crippen molar-refractivity contribution in [2.75, 3.05) is 0 Å². The summed E-state index contributed by atoms with van der Waals surface area (Å²) in [6.07, 6.45) is 4.04. The maximum Gasteiger partial charge on any atom is 0.182 e. The monoisotopic (exact) mass is 180 g/mol. The van der Waals surface area contributed by atoms with Gasteiger partial charge in [-0.15, -0.1) is 0 Å². The van der Waals surface area contributed by atoms with Crippen molar-refractivity contribution < 1.29 is 9.59 Å². The molecule has 13 heavy (non-hydrogen) atoms. The van der Waals surface area contributed by atoms with E-state index in [1.54, 1.807) is 0 Å². The molecule has 0 heterocycles. The lowest BCUT2D eigenvalue weighted by atomic mass is 9.94. The predicted octanol–water partition coefficient (Wildman–Crippen LogP) is 2.30. The fourth-order valence-electron chi connectivity index (χ4n) is 0.978. The third-order valence-electron chi connectivity index (χ3n) is 1.60. The molecule has 0 unspecified atom stereocenters. The van der Waals surface area contributed by atoms with E-state index in [9.17, 15) is 9.59 Å². The van der Waals surface area contributed by atoms with Crippen molar-refractivity contribution in [1.29, 1.82) is 0 Å². The Bertz CT molecular complexity index is 257. The summed E-state index contributed by atoms with van der Waals surface area (Å²) in [6, 6.07) is 0. The zero-order chi connectivity index (χ0) is 10.4. The van der Waals surface area contributed by atoms with E-state index < -0.39 is 0 Å². The molecule has 0 aromatic heterocycles. The molecule has 0 saturated carbocycles. The normalized spacial score (nSPS) is 15.3. The number of carbonyl (C=O) groups excluding carboxylic acids is 2. The van der Waals surface area contributed by atoms with Gasteiger partial charge in [0.25, 0.3) is 0 Å². The van der Waals surface area contributed by atoms with Crippen LogP contribution in [0, 0.1) is 5.92 Å². The molecule has 0 aromatic carbocycles. The molecule has 0 spiro atoms. The summed E-state index contributed by atoms with van der Waals surface area (Å²) in [7, 11) is 0. The van der Waals surface area contributed by atoms with Gasteiger partial charge in [-0.3, -0.25) is 9.59 Å². The van der Waals surface area contributed by atoms with Crippen LogP contribution in [0.1, 0.15) is 27.7 Å². The van der Waals surface area contributed by atoms with E-state index in [0.29, 0.717) is 5.57 Å². The Morgan fingerprint density at radius 3 is 2.00 bits per heavy atom. The van der Waals surface area contributed by atoms with Crippen LogP contribution >= 0.6 is 0 Å². The van der Waals surface area contributed by atoms with Crippen LogP contribution in [0.15, 0.2) is 23.8 Å². The number of rotatable bonds is 1. The highest BCUT2D eigenvalue weighted by atomic mass is 16.1. The fourth-order valence-corrected chi connectivity index (χ4v) is 0.978. The number of hydrogen-bond acceptors (Lipinski definition) is 2. The second-order valence-corrected chi connectivity index (χ2v) is 2.85. The summed E-state index contributed by atoms with van der Waals surface area (Å²) >= 11 is 0. The van der Waals surface area contributed by atoms with Crippen molar-refractivity contribution in [1.82, 2.24) is 0 Å². The zero-order valence-electron chi connectivity index (χ0n) is 8.63. The van der Waals surface area contributed by atoms with Crippen molar-refractivity contribution >= 4 is 11.6 Å². The molecular formula is C11H16O2. The summed E-state index contributed by atoms with van der Waals surface area (Å²) < 4.78 is 0. The van der Waals surface area contributed by atoms with Crippen molar-refractivity contribution in [3.05, 3.63) is 23.8 Å². The summed E-state index contributed by atoms with van der Waals surface area (Å²) in [6.45, 7) is 7.80. The topological polar surface area (TPSA) is 34.1 Å². The van der Waals surface area contributed by atoms with E-state index in [4.69, 9.17) is 0 Å². The SMILES string of the molecule is CC.CC(C)C1=CC(=O)C=CC1=O. The Balaban J connectivity index is 0.000000671. The van der Waals surface area contributed by atoms with Gasteiger partial charge in [0.05, 0.1) is 0 Å². The fraction of sp³-hybridized carbons (Fsp3) is 0.455. The Morgan fingerprint density at radius 1 is 1.08 bits per heavy atom. The summed E-state index contributed by atoms with van der Waals surface area (Å²) in [5.41, 5.74) is 0.609. The first-order valence-corrected chi connectivity index (χ1v) is 4.59. The quantitative estimate of drug-likeness (QED) is 0.580. The van der Waals surface area contributed by atoms with Gasteiger partial charge in [0, 0.05) is 5.57 Å². The van der Waals surface area contributed by atoms with Crippen LogP contribution in [0.2, 0.25) is 0 Å². The molecule has 0 aromatic rings. The van der Waals surface area contributed by atoms with Crippen molar-refractivity contribution in [3.8, 4) is 0 Å². The van der Waals surface area contributed by atoms with Gasteiger partial charge in [-0.1, -0.05) is 27.7 Å². The standard InChI is InChI=1S/C9H10O2.C2H6/c1-6(2)8-5-7(10)3-4-9(8)11;1-2/h3-6H,1-2H3;1-2H3. The molecule has 2 nitrogen and oxygen atoms in total. The van der Waals surface area contributed by atoms with E-state index in [1.807, 2.05) is 27.7 Å². The van der Waals surface area contributed by atoms with Crippen LogP contribution in [0.3, 0.4) is 0 Å². The molecule has 0 radical (unpaired) electrons. The molecule has 0 amide bonds. The van der Waals surface area contributed by atoms with E-state index in [1.165, 1.54) is 18.2 Å². The molecule has 2 heteroatoms. The Labute approximate surface area is 79.3 Å². The second kappa shape index (κ2) is 5.46. The van der Waals surface area contributed by atoms with Gasteiger partial charge in [0.1, 0.15) is 0 Å². The number of allylic oxidation sites excluding steroid dienone is 4. The molecule has 0 atom stereocenters. The largest absolute Gasteiger partial charge is 0.290 e. The minimum atomic E-state index is -0.0895. The molecule has 0 saturated heterocycles. The van der Waals surface area contributed by atoms with Gasteiger partial charge >= 0.3 is 0 Å². The van der Waals surface area contributed by atoms with E-state index >= 15 is 0 Å². The van der Waals surface area contributed by atoms with E-state index in [0.717, 1.165) is 0 Å². The molecule has 0 bridgehead atoms. The van der Waals surface area contributed by atoms with Crippen LogP contribution in [-0.4, -0.2) is 11.6 Å². The Hall–Kier alpha value is -1.18. The molecule has 0 fully saturated rings. The summed E-state index contributed by atoms with van der Waals surface area (Å²) in [5, 5.41) is 0. The molecule has 1 aliphatic carbocycles. The molecule has 72 valence electrons. The van der Waals surface area contributed by atoms with Gasteiger partial charge in [-0.05, 0) is 24.1 Å².